The molecule has 0 spiro atoms. The first-order valence-electron chi connectivity index (χ1n) is 9.21. The van der Waals surface area contributed by atoms with E-state index < -0.39 is 0 Å². The molecule has 2 heteroatoms. The third-order valence-electron chi connectivity index (χ3n) is 4.48. The Kier molecular flexibility index (Phi) is 11.9. The molecule has 1 saturated carbocycles. The van der Waals surface area contributed by atoms with Crippen molar-refractivity contribution in [1.29, 1.82) is 0 Å². The summed E-state index contributed by atoms with van der Waals surface area (Å²) in [5.41, 5.74) is 0. The molecule has 0 bridgehead atoms. The molecule has 1 N–H and O–H groups in total. The highest BCUT2D eigenvalue weighted by Gasteiger charge is 2.17. The Hall–Kier alpha value is 0.310. The van der Waals surface area contributed by atoms with Gasteiger partial charge in [0.1, 0.15) is 0 Å². The van der Waals surface area contributed by atoms with Gasteiger partial charge in [-0.3, -0.25) is 0 Å². The largest absolute Gasteiger partial charge is 0.313 e. The van der Waals surface area contributed by atoms with E-state index in [2.05, 4.69) is 30.9 Å². The van der Waals surface area contributed by atoms with Crippen LogP contribution in [0.1, 0.15) is 90.9 Å². The van der Waals surface area contributed by atoms with Crippen LogP contribution in [-0.4, -0.2) is 23.6 Å². The Balaban J connectivity index is 1.99. The first kappa shape index (κ1) is 18.4. The fourth-order valence-corrected chi connectivity index (χ4v) is 4.64. The van der Waals surface area contributed by atoms with Crippen LogP contribution >= 0.6 is 11.8 Å². The van der Waals surface area contributed by atoms with Gasteiger partial charge in [0.25, 0.3) is 0 Å². The van der Waals surface area contributed by atoms with Crippen LogP contribution < -0.4 is 5.32 Å². The minimum atomic E-state index is 0.765. The first-order valence-corrected chi connectivity index (χ1v) is 10.3. The molecule has 0 heterocycles. The third-order valence-corrected chi connectivity index (χ3v) is 6.02. The lowest BCUT2D eigenvalue weighted by Gasteiger charge is -2.19. The van der Waals surface area contributed by atoms with Gasteiger partial charge in [0.2, 0.25) is 0 Å². The molecule has 120 valence electrons. The molecule has 0 radical (unpaired) electrons. The molecular weight excluding hydrogens is 262 g/mol. The molecule has 0 aromatic rings. The highest BCUT2D eigenvalue weighted by atomic mass is 32.2. The predicted octanol–water partition coefficient (Wildman–Crippen LogP) is 5.78. The molecule has 0 aliphatic heterocycles. The van der Waals surface area contributed by atoms with Crippen LogP contribution in [0.4, 0.5) is 0 Å². The summed E-state index contributed by atoms with van der Waals surface area (Å²) in [6.07, 6.45) is 17.3. The molecule has 1 unspecified atom stereocenters. The molecule has 1 rings (SSSR count). The van der Waals surface area contributed by atoms with Gasteiger partial charge >= 0.3 is 0 Å². The molecule has 1 fully saturated rings. The summed E-state index contributed by atoms with van der Waals surface area (Å²) in [6.45, 7) is 5.67. The van der Waals surface area contributed by atoms with Gasteiger partial charge in [-0.1, -0.05) is 71.6 Å². The van der Waals surface area contributed by atoms with Crippen molar-refractivity contribution in [2.24, 2.45) is 0 Å². The average molecular weight is 300 g/mol. The Labute approximate surface area is 132 Å². The normalized spacial score (nSPS) is 17.7. The van der Waals surface area contributed by atoms with Crippen LogP contribution in [0.3, 0.4) is 0 Å². The van der Waals surface area contributed by atoms with E-state index in [1.54, 1.807) is 0 Å². The summed E-state index contributed by atoms with van der Waals surface area (Å²) >= 11 is 2.24. The standard InChI is InChI=1S/C18H37NS/c1-3-5-6-7-8-9-10-13-17(19-4-2)16-20-18-14-11-12-15-18/h17-19H,3-16H2,1-2H3. The second-order valence-electron chi connectivity index (χ2n) is 6.40. The molecule has 20 heavy (non-hydrogen) atoms. The van der Waals surface area contributed by atoms with Crippen molar-refractivity contribution in [3.05, 3.63) is 0 Å². The number of rotatable bonds is 13. The van der Waals surface area contributed by atoms with Gasteiger partial charge in [0.15, 0.2) is 0 Å². The van der Waals surface area contributed by atoms with Crippen molar-refractivity contribution in [3.8, 4) is 0 Å². The Morgan fingerprint density at radius 3 is 2.25 bits per heavy atom. The smallest absolute Gasteiger partial charge is 0.0158 e. The Bertz CT molecular complexity index is 202. The van der Waals surface area contributed by atoms with Crippen molar-refractivity contribution in [1.82, 2.24) is 5.32 Å². The summed E-state index contributed by atoms with van der Waals surface area (Å²) in [6, 6.07) is 0.765. The number of thioether (sulfide) groups is 1. The van der Waals surface area contributed by atoms with Crippen molar-refractivity contribution in [2.45, 2.75) is 102 Å². The summed E-state index contributed by atoms with van der Waals surface area (Å²) in [7, 11) is 0. The molecule has 1 aliphatic rings. The van der Waals surface area contributed by atoms with Gasteiger partial charge in [-0.05, 0) is 25.8 Å². The van der Waals surface area contributed by atoms with Crippen LogP contribution in [0.2, 0.25) is 0 Å². The number of hydrogen-bond acceptors (Lipinski definition) is 2. The molecule has 0 aromatic heterocycles. The van der Waals surface area contributed by atoms with E-state index in [-0.39, 0.29) is 0 Å². The van der Waals surface area contributed by atoms with Crippen LogP contribution in [0.25, 0.3) is 0 Å². The zero-order valence-electron chi connectivity index (χ0n) is 14.0. The van der Waals surface area contributed by atoms with Crippen molar-refractivity contribution < 1.29 is 0 Å². The maximum Gasteiger partial charge on any atom is 0.0158 e. The van der Waals surface area contributed by atoms with E-state index in [0.717, 1.165) is 17.8 Å². The fraction of sp³-hybridized carbons (Fsp3) is 1.00. The lowest BCUT2D eigenvalue weighted by atomic mass is 10.1. The number of nitrogens with one attached hydrogen (secondary N) is 1. The van der Waals surface area contributed by atoms with E-state index in [1.165, 1.54) is 82.8 Å². The zero-order valence-corrected chi connectivity index (χ0v) is 14.8. The highest BCUT2D eigenvalue weighted by molar-refractivity contribution is 7.99. The SMILES string of the molecule is CCCCCCCCCC(CSC1CCCC1)NCC. The van der Waals surface area contributed by atoms with Crippen molar-refractivity contribution in [2.75, 3.05) is 12.3 Å². The average Bonchev–Trinajstić information content (AvgIpc) is 2.97. The predicted molar refractivity (Wildman–Crippen MR) is 94.8 cm³/mol. The lowest BCUT2D eigenvalue weighted by molar-refractivity contribution is 0.492. The minimum Gasteiger partial charge on any atom is -0.313 e. The third kappa shape index (κ3) is 9.28. The van der Waals surface area contributed by atoms with E-state index >= 15 is 0 Å². The van der Waals surface area contributed by atoms with Gasteiger partial charge < -0.3 is 5.32 Å². The van der Waals surface area contributed by atoms with Crippen LogP contribution in [0, 0.1) is 0 Å². The second kappa shape index (κ2) is 13.0. The topological polar surface area (TPSA) is 12.0 Å². The quantitative estimate of drug-likeness (QED) is 0.433. The maximum atomic E-state index is 3.70. The van der Waals surface area contributed by atoms with Crippen molar-refractivity contribution >= 4 is 11.8 Å². The van der Waals surface area contributed by atoms with Crippen molar-refractivity contribution in [3.63, 3.8) is 0 Å². The summed E-state index contributed by atoms with van der Waals surface area (Å²) < 4.78 is 0. The number of hydrogen-bond donors (Lipinski definition) is 1. The number of unbranched alkanes of at least 4 members (excludes halogenated alkanes) is 6. The van der Waals surface area contributed by atoms with E-state index in [4.69, 9.17) is 0 Å². The summed E-state index contributed by atoms with van der Waals surface area (Å²) in [5, 5.41) is 4.67. The van der Waals surface area contributed by atoms with Gasteiger partial charge in [-0.2, -0.15) is 11.8 Å². The monoisotopic (exact) mass is 299 g/mol. The summed E-state index contributed by atoms with van der Waals surface area (Å²) in [5.74, 6) is 1.34. The van der Waals surface area contributed by atoms with Crippen LogP contribution in [-0.2, 0) is 0 Å². The minimum absolute atomic E-state index is 0.765. The van der Waals surface area contributed by atoms with Gasteiger partial charge in [-0.15, -0.1) is 0 Å². The maximum absolute atomic E-state index is 3.70. The molecule has 1 atom stereocenters. The molecular formula is C18H37NS. The van der Waals surface area contributed by atoms with E-state index in [9.17, 15) is 0 Å². The zero-order chi connectivity index (χ0) is 14.5. The molecule has 0 aromatic carbocycles. The van der Waals surface area contributed by atoms with Crippen LogP contribution in [0.15, 0.2) is 0 Å². The van der Waals surface area contributed by atoms with E-state index in [0.29, 0.717) is 0 Å². The molecule has 1 aliphatic carbocycles. The summed E-state index contributed by atoms with van der Waals surface area (Å²) in [4.78, 5) is 0. The molecule has 1 nitrogen and oxygen atoms in total. The second-order valence-corrected chi connectivity index (χ2v) is 7.74. The molecule has 0 amide bonds. The Morgan fingerprint density at radius 2 is 1.60 bits per heavy atom. The first-order chi connectivity index (χ1) is 9.86. The lowest BCUT2D eigenvalue weighted by Crippen LogP contribution is -2.31. The highest BCUT2D eigenvalue weighted by Crippen LogP contribution is 2.30. The fourth-order valence-electron chi connectivity index (χ4n) is 3.19. The van der Waals surface area contributed by atoms with Gasteiger partial charge in [-0.25, -0.2) is 0 Å². The van der Waals surface area contributed by atoms with Crippen LogP contribution in [0.5, 0.6) is 0 Å². The van der Waals surface area contributed by atoms with Gasteiger partial charge in [0, 0.05) is 17.0 Å². The molecule has 0 saturated heterocycles. The van der Waals surface area contributed by atoms with Gasteiger partial charge in [0.05, 0.1) is 0 Å². The van der Waals surface area contributed by atoms with E-state index in [1.807, 2.05) is 0 Å². The Morgan fingerprint density at radius 1 is 0.950 bits per heavy atom.